The molecule has 0 bridgehead atoms. The molecular weight excluding hydrogens is 1050 g/mol. The van der Waals surface area contributed by atoms with E-state index in [0.717, 1.165) is 5.69 Å². The van der Waals surface area contributed by atoms with Crippen LogP contribution >= 0.6 is 0 Å². The zero-order valence-electron chi connectivity index (χ0n) is 47.5. The standard InChI is InChI=1S/C86H53N/c1-8-22-54(23-9-1)71-50-73(56-26-12-3-13-27-56)65-42-44-69-77(52-75(58-30-16-5-17-31-58)67-40-38-63(71)83(65)85(67)69)60-36-46-81-79(48-60)80-49-61(37-47-82(80)87(81)62-34-20-7-21-35-62)78-53-76(59-32-18-6-19-33-59)68-41-39-64-72(55-24-10-2-11-25-55)51-74(57-28-14-4-15-29-57)66-43-45-70(78)86(68)84(64)66/h1-53H. The maximum atomic E-state index is 2.49. The van der Waals surface area contributed by atoms with E-state index in [2.05, 4.69) is 326 Å². The highest BCUT2D eigenvalue weighted by Crippen LogP contribution is 2.52. The average Bonchev–Trinajstić information content (AvgIpc) is 1.24. The van der Waals surface area contributed by atoms with E-state index in [1.807, 2.05) is 0 Å². The van der Waals surface area contributed by atoms with Crippen LogP contribution in [-0.2, 0) is 0 Å². The van der Waals surface area contributed by atoms with E-state index in [4.69, 9.17) is 0 Å². The van der Waals surface area contributed by atoms with Crippen molar-refractivity contribution < 1.29 is 0 Å². The molecule has 0 spiro atoms. The van der Waals surface area contributed by atoms with Gasteiger partial charge in [-0.05, 0) is 214 Å². The lowest BCUT2D eigenvalue weighted by Crippen LogP contribution is -1.95. The Bertz CT molecular complexity index is 5220. The van der Waals surface area contributed by atoms with Gasteiger partial charge in [-0.3, -0.25) is 0 Å². The van der Waals surface area contributed by atoms with Crippen molar-refractivity contribution in [3.8, 4) is 94.7 Å². The topological polar surface area (TPSA) is 4.93 Å². The molecule has 0 unspecified atom stereocenters. The van der Waals surface area contributed by atoms with Crippen LogP contribution in [0.25, 0.3) is 181 Å². The first kappa shape index (κ1) is 49.1. The van der Waals surface area contributed by atoms with E-state index < -0.39 is 0 Å². The van der Waals surface area contributed by atoms with Gasteiger partial charge < -0.3 is 4.57 Å². The second-order valence-electron chi connectivity index (χ2n) is 23.4. The lowest BCUT2D eigenvalue weighted by Gasteiger charge is -2.21. The minimum Gasteiger partial charge on any atom is -0.309 e. The van der Waals surface area contributed by atoms with Crippen LogP contribution in [0.3, 0.4) is 0 Å². The summed E-state index contributed by atoms with van der Waals surface area (Å²) in [6, 6.07) is 120. The fourth-order valence-electron chi connectivity index (χ4n) is 14.8. The Labute approximate surface area is 504 Å². The fraction of sp³-hybridized carbons (Fsp3) is 0. The lowest BCUT2D eigenvalue weighted by atomic mass is 9.81. The van der Waals surface area contributed by atoms with Crippen molar-refractivity contribution in [2.24, 2.45) is 0 Å². The minimum absolute atomic E-state index is 1.13. The molecule has 0 atom stereocenters. The fourth-order valence-corrected chi connectivity index (χ4v) is 14.8. The number of hydrogen-bond acceptors (Lipinski definition) is 0. The zero-order valence-corrected chi connectivity index (χ0v) is 47.5. The summed E-state index contributed by atoms with van der Waals surface area (Å²) in [5, 5.41) is 17.6. The van der Waals surface area contributed by atoms with Gasteiger partial charge in [0, 0.05) is 16.5 Å². The van der Waals surface area contributed by atoms with Gasteiger partial charge in [0.2, 0.25) is 0 Å². The molecule has 0 amide bonds. The number of rotatable bonds is 9. The van der Waals surface area contributed by atoms with E-state index >= 15 is 0 Å². The molecule has 0 aliphatic rings. The summed E-state index contributed by atoms with van der Waals surface area (Å²) in [4.78, 5) is 0. The van der Waals surface area contributed by atoms with Gasteiger partial charge in [0.15, 0.2) is 0 Å². The highest BCUT2D eigenvalue weighted by molar-refractivity contribution is 6.34. The van der Waals surface area contributed by atoms with E-state index in [0.29, 0.717) is 0 Å². The van der Waals surface area contributed by atoms with Gasteiger partial charge in [-0.2, -0.15) is 0 Å². The molecule has 87 heavy (non-hydrogen) atoms. The molecule has 0 radical (unpaired) electrons. The first-order valence-electron chi connectivity index (χ1n) is 30.2. The maximum absolute atomic E-state index is 2.49. The first-order valence-corrected chi connectivity index (χ1v) is 30.2. The molecule has 0 N–H and O–H groups in total. The van der Waals surface area contributed by atoms with Crippen LogP contribution in [0.15, 0.2) is 322 Å². The second kappa shape index (κ2) is 19.6. The third-order valence-electron chi connectivity index (χ3n) is 18.7. The SMILES string of the molecule is c1ccc(-c2cc(-c3ccccc3)c3ccc4c(-c5ccc6c(c5)c5cc(-c7cc(-c8ccccc8)c8ccc9c(-c%10ccccc%10)cc(-c%10ccccc%10)c%10ccc7c8c9%10)ccc5n6-c5ccccc5)cc(-c5ccccc5)c5ccc2c3c54)cc1. The van der Waals surface area contributed by atoms with Crippen LogP contribution in [0.5, 0.6) is 0 Å². The van der Waals surface area contributed by atoms with Crippen LogP contribution in [0.4, 0.5) is 0 Å². The van der Waals surface area contributed by atoms with E-state index in [1.54, 1.807) is 0 Å². The summed E-state index contributed by atoms with van der Waals surface area (Å²) in [7, 11) is 0. The van der Waals surface area contributed by atoms with Crippen molar-refractivity contribution in [1.82, 2.24) is 4.57 Å². The highest BCUT2D eigenvalue weighted by atomic mass is 15.0. The molecule has 0 aliphatic carbocycles. The number of aromatic nitrogens is 1. The summed E-state index contributed by atoms with van der Waals surface area (Å²) in [6.45, 7) is 0. The second-order valence-corrected chi connectivity index (χ2v) is 23.4. The van der Waals surface area contributed by atoms with Crippen molar-refractivity contribution in [2.75, 3.05) is 0 Å². The average molecular weight is 1100 g/mol. The first-order chi connectivity index (χ1) is 43.2. The Balaban J connectivity index is 0.919. The van der Waals surface area contributed by atoms with Gasteiger partial charge in [0.25, 0.3) is 0 Å². The lowest BCUT2D eigenvalue weighted by molar-refractivity contribution is 1.18. The molecule has 402 valence electrons. The van der Waals surface area contributed by atoms with Crippen LogP contribution < -0.4 is 0 Å². The summed E-state index contributed by atoms with van der Waals surface area (Å²) >= 11 is 0. The molecule has 0 saturated heterocycles. The molecule has 18 rings (SSSR count). The highest BCUT2D eigenvalue weighted by Gasteiger charge is 2.25. The number of benzene rings is 17. The van der Waals surface area contributed by atoms with Crippen LogP contribution in [0, 0.1) is 0 Å². The molecule has 1 aromatic heterocycles. The van der Waals surface area contributed by atoms with Crippen molar-refractivity contribution in [3.05, 3.63) is 322 Å². The third kappa shape index (κ3) is 7.66. The molecular formula is C86H53N. The maximum Gasteiger partial charge on any atom is 0.0541 e. The molecule has 18 aromatic rings. The Hall–Kier alpha value is -11.4. The van der Waals surface area contributed by atoms with Crippen molar-refractivity contribution in [3.63, 3.8) is 0 Å². The normalized spacial score (nSPS) is 11.9. The van der Waals surface area contributed by atoms with Crippen LogP contribution in [-0.4, -0.2) is 4.57 Å². The van der Waals surface area contributed by atoms with Gasteiger partial charge in [-0.25, -0.2) is 0 Å². The van der Waals surface area contributed by atoms with E-state index in [1.165, 1.54) is 175 Å². The Morgan fingerprint density at radius 3 is 0.586 bits per heavy atom. The number of hydrogen-bond donors (Lipinski definition) is 0. The van der Waals surface area contributed by atoms with Gasteiger partial charge in [-0.1, -0.05) is 261 Å². The van der Waals surface area contributed by atoms with Crippen LogP contribution in [0.2, 0.25) is 0 Å². The third-order valence-corrected chi connectivity index (χ3v) is 18.7. The predicted octanol–water partition coefficient (Wildman–Crippen LogP) is 23.9. The summed E-state index contributed by atoms with van der Waals surface area (Å²) in [6.07, 6.45) is 0. The minimum atomic E-state index is 1.13. The van der Waals surface area contributed by atoms with Crippen molar-refractivity contribution in [2.45, 2.75) is 0 Å². The number of nitrogens with zero attached hydrogens (tertiary/aromatic N) is 1. The van der Waals surface area contributed by atoms with Crippen molar-refractivity contribution >= 4 is 86.4 Å². The van der Waals surface area contributed by atoms with Gasteiger partial charge in [0.1, 0.15) is 0 Å². The number of fused-ring (bicyclic) bond motifs is 3. The summed E-state index contributed by atoms with van der Waals surface area (Å²) in [5.41, 5.74) is 22.9. The van der Waals surface area contributed by atoms with E-state index in [9.17, 15) is 0 Å². The molecule has 0 saturated carbocycles. The molecule has 0 fully saturated rings. The Morgan fingerprint density at radius 2 is 0.356 bits per heavy atom. The Morgan fingerprint density at radius 1 is 0.149 bits per heavy atom. The summed E-state index contributed by atoms with van der Waals surface area (Å²) < 4.78 is 2.46. The molecule has 1 nitrogen and oxygen atoms in total. The molecule has 1 heteroatoms. The molecule has 1 heterocycles. The largest absolute Gasteiger partial charge is 0.309 e. The monoisotopic (exact) mass is 1100 g/mol. The van der Waals surface area contributed by atoms with Gasteiger partial charge in [0.05, 0.1) is 11.0 Å². The quantitative estimate of drug-likeness (QED) is 0.127. The Kier molecular flexibility index (Phi) is 11.1. The number of para-hydroxylation sites is 1. The van der Waals surface area contributed by atoms with E-state index in [-0.39, 0.29) is 0 Å². The predicted molar refractivity (Wildman–Crippen MR) is 372 cm³/mol. The van der Waals surface area contributed by atoms with Gasteiger partial charge >= 0.3 is 0 Å². The zero-order chi connectivity index (χ0) is 57.1. The summed E-state index contributed by atoms with van der Waals surface area (Å²) in [5.74, 6) is 0. The molecule has 0 aliphatic heterocycles. The van der Waals surface area contributed by atoms with Gasteiger partial charge in [-0.15, -0.1) is 0 Å². The van der Waals surface area contributed by atoms with Crippen LogP contribution in [0.1, 0.15) is 0 Å². The molecule has 17 aromatic carbocycles. The smallest absolute Gasteiger partial charge is 0.0541 e. The van der Waals surface area contributed by atoms with Crippen molar-refractivity contribution in [1.29, 1.82) is 0 Å².